The van der Waals surface area contributed by atoms with Gasteiger partial charge >= 0.3 is 0 Å². The van der Waals surface area contributed by atoms with E-state index in [4.69, 9.17) is 0 Å². The molecule has 0 aliphatic heterocycles. The van der Waals surface area contributed by atoms with Gasteiger partial charge < -0.3 is 5.32 Å². The third-order valence-corrected chi connectivity index (χ3v) is 4.01. The molecule has 2 nitrogen and oxygen atoms in total. The van der Waals surface area contributed by atoms with Gasteiger partial charge in [0.2, 0.25) is 0 Å². The summed E-state index contributed by atoms with van der Waals surface area (Å²) < 4.78 is 0. The topological polar surface area (TPSA) is 24.9 Å². The normalized spacial score (nSPS) is 12.5. The summed E-state index contributed by atoms with van der Waals surface area (Å²) >= 11 is 1.76. The van der Waals surface area contributed by atoms with Crippen LogP contribution in [0.25, 0.3) is 0 Å². The average molecular weight is 274 g/mol. The van der Waals surface area contributed by atoms with Crippen LogP contribution >= 0.6 is 11.3 Å². The Labute approximate surface area is 119 Å². The Morgan fingerprint density at radius 2 is 2.11 bits per heavy atom. The van der Waals surface area contributed by atoms with Crippen molar-refractivity contribution in [3.63, 3.8) is 0 Å². The largest absolute Gasteiger partial charge is 0.314 e. The van der Waals surface area contributed by atoms with E-state index in [1.54, 1.807) is 11.3 Å². The minimum atomic E-state index is 0.534. The van der Waals surface area contributed by atoms with Crippen LogP contribution in [0.15, 0.2) is 41.9 Å². The summed E-state index contributed by atoms with van der Waals surface area (Å²) in [6, 6.07) is 11.3. The molecule has 0 fully saturated rings. The van der Waals surface area contributed by atoms with Gasteiger partial charge in [0.25, 0.3) is 0 Å². The summed E-state index contributed by atoms with van der Waals surface area (Å²) in [5, 5.41) is 6.94. The molecule has 102 valence electrons. The molecule has 0 bridgehead atoms. The lowest BCUT2D eigenvalue weighted by atomic mass is 10.0. The second kappa shape index (κ2) is 8.08. The molecule has 1 heterocycles. The number of rotatable bonds is 8. The Kier molecular flexibility index (Phi) is 6.05. The van der Waals surface area contributed by atoms with Crippen molar-refractivity contribution in [3.05, 3.63) is 52.5 Å². The quantitative estimate of drug-likeness (QED) is 0.794. The van der Waals surface area contributed by atoms with Crippen molar-refractivity contribution in [2.75, 3.05) is 6.54 Å². The van der Waals surface area contributed by atoms with Crippen molar-refractivity contribution >= 4 is 11.3 Å². The first-order chi connectivity index (χ1) is 9.38. The number of benzene rings is 1. The maximum atomic E-state index is 4.40. The standard InChI is InChI=1S/C16H22N2S/c1-2-10-17-15(13-16-18-11-12-19-16)9-8-14-6-4-3-5-7-14/h3-7,11-12,15,17H,2,8-10,13H2,1H3. The molecule has 0 radical (unpaired) electrons. The molecule has 1 atom stereocenters. The molecule has 2 aromatic rings. The fourth-order valence-electron chi connectivity index (χ4n) is 2.17. The molecule has 19 heavy (non-hydrogen) atoms. The zero-order valence-electron chi connectivity index (χ0n) is 11.5. The van der Waals surface area contributed by atoms with Crippen LogP contribution in [0.3, 0.4) is 0 Å². The first kappa shape index (κ1) is 14.2. The molecule has 3 heteroatoms. The molecular formula is C16H22N2S. The van der Waals surface area contributed by atoms with Crippen LogP contribution in [0.1, 0.15) is 30.3 Å². The van der Waals surface area contributed by atoms with E-state index in [2.05, 4.69) is 52.9 Å². The maximum absolute atomic E-state index is 4.40. The van der Waals surface area contributed by atoms with E-state index in [1.807, 2.05) is 6.20 Å². The number of aryl methyl sites for hydroxylation is 1. The molecule has 0 amide bonds. The third-order valence-electron chi connectivity index (χ3n) is 3.21. The molecule has 1 N–H and O–H groups in total. The van der Waals surface area contributed by atoms with Gasteiger partial charge in [0.1, 0.15) is 0 Å². The summed E-state index contributed by atoms with van der Waals surface area (Å²) in [4.78, 5) is 4.40. The third kappa shape index (κ3) is 5.13. The molecule has 0 aliphatic carbocycles. The lowest BCUT2D eigenvalue weighted by Gasteiger charge is -2.17. The van der Waals surface area contributed by atoms with Gasteiger partial charge in [0.05, 0.1) is 5.01 Å². The lowest BCUT2D eigenvalue weighted by Crippen LogP contribution is -2.32. The van der Waals surface area contributed by atoms with Crippen molar-refractivity contribution in [2.45, 2.75) is 38.6 Å². The Morgan fingerprint density at radius 3 is 2.79 bits per heavy atom. The van der Waals surface area contributed by atoms with Crippen molar-refractivity contribution in [2.24, 2.45) is 0 Å². The first-order valence-electron chi connectivity index (χ1n) is 7.04. The van der Waals surface area contributed by atoms with Crippen LogP contribution in [-0.4, -0.2) is 17.6 Å². The van der Waals surface area contributed by atoms with Crippen LogP contribution in [0, 0.1) is 0 Å². The summed E-state index contributed by atoms with van der Waals surface area (Å²) in [7, 11) is 0. The predicted molar refractivity (Wildman–Crippen MR) is 82.7 cm³/mol. The highest BCUT2D eigenvalue weighted by atomic mass is 32.1. The minimum Gasteiger partial charge on any atom is -0.314 e. The summed E-state index contributed by atoms with van der Waals surface area (Å²) in [6.45, 7) is 3.30. The zero-order chi connectivity index (χ0) is 13.3. The van der Waals surface area contributed by atoms with Gasteiger partial charge in [-0.1, -0.05) is 37.3 Å². The van der Waals surface area contributed by atoms with Gasteiger partial charge in [-0.2, -0.15) is 0 Å². The Morgan fingerprint density at radius 1 is 1.26 bits per heavy atom. The molecule has 1 unspecified atom stereocenters. The van der Waals surface area contributed by atoms with Crippen LogP contribution in [0.5, 0.6) is 0 Å². The monoisotopic (exact) mass is 274 g/mol. The van der Waals surface area contributed by atoms with Gasteiger partial charge in [0, 0.05) is 24.0 Å². The highest BCUT2D eigenvalue weighted by molar-refractivity contribution is 7.09. The minimum absolute atomic E-state index is 0.534. The van der Waals surface area contributed by atoms with Crippen LogP contribution < -0.4 is 5.32 Å². The van der Waals surface area contributed by atoms with Gasteiger partial charge in [-0.05, 0) is 31.4 Å². The maximum Gasteiger partial charge on any atom is 0.0940 e. The first-order valence-corrected chi connectivity index (χ1v) is 7.92. The van der Waals surface area contributed by atoms with Gasteiger partial charge in [-0.3, -0.25) is 0 Å². The molecule has 0 saturated carbocycles. The second-order valence-electron chi connectivity index (χ2n) is 4.81. The number of hydrogen-bond donors (Lipinski definition) is 1. The van der Waals surface area contributed by atoms with E-state index in [0.717, 1.165) is 19.4 Å². The van der Waals surface area contributed by atoms with E-state index in [1.165, 1.54) is 23.4 Å². The smallest absolute Gasteiger partial charge is 0.0940 e. The molecule has 1 aromatic heterocycles. The average Bonchev–Trinajstić information content (AvgIpc) is 2.96. The van der Waals surface area contributed by atoms with Crippen molar-refractivity contribution in [1.29, 1.82) is 0 Å². The SMILES string of the molecule is CCCNC(CCc1ccccc1)Cc1nccs1. The fourth-order valence-corrected chi connectivity index (χ4v) is 2.87. The highest BCUT2D eigenvalue weighted by Gasteiger charge is 2.10. The summed E-state index contributed by atoms with van der Waals surface area (Å²) in [5.74, 6) is 0. The molecule has 2 rings (SSSR count). The fraction of sp³-hybridized carbons (Fsp3) is 0.438. The summed E-state index contributed by atoms with van der Waals surface area (Å²) in [5.41, 5.74) is 1.42. The number of nitrogens with zero attached hydrogens (tertiary/aromatic N) is 1. The van der Waals surface area contributed by atoms with Gasteiger partial charge in [0.15, 0.2) is 0 Å². The number of hydrogen-bond acceptors (Lipinski definition) is 3. The molecular weight excluding hydrogens is 252 g/mol. The second-order valence-corrected chi connectivity index (χ2v) is 5.78. The zero-order valence-corrected chi connectivity index (χ0v) is 12.3. The van der Waals surface area contributed by atoms with E-state index in [-0.39, 0.29) is 0 Å². The van der Waals surface area contributed by atoms with E-state index in [9.17, 15) is 0 Å². The number of thiazole rings is 1. The van der Waals surface area contributed by atoms with E-state index in [0.29, 0.717) is 6.04 Å². The highest BCUT2D eigenvalue weighted by Crippen LogP contribution is 2.12. The van der Waals surface area contributed by atoms with Gasteiger partial charge in [-0.15, -0.1) is 11.3 Å². The Balaban J connectivity index is 1.86. The molecule has 0 aliphatic rings. The lowest BCUT2D eigenvalue weighted by molar-refractivity contribution is 0.477. The number of nitrogens with one attached hydrogen (secondary N) is 1. The molecule has 0 saturated heterocycles. The van der Waals surface area contributed by atoms with Crippen LogP contribution in [0.2, 0.25) is 0 Å². The Hall–Kier alpha value is -1.19. The molecule has 1 aromatic carbocycles. The number of aromatic nitrogens is 1. The van der Waals surface area contributed by atoms with E-state index >= 15 is 0 Å². The van der Waals surface area contributed by atoms with Crippen LogP contribution in [0.4, 0.5) is 0 Å². The summed E-state index contributed by atoms with van der Waals surface area (Å²) in [6.07, 6.45) is 6.43. The van der Waals surface area contributed by atoms with Crippen molar-refractivity contribution < 1.29 is 0 Å². The van der Waals surface area contributed by atoms with E-state index < -0.39 is 0 Å². The molecule has 0 spiro atoms. The van der Waals surface area contributed by atoms with Crippen LogP contribution in [-0.2, 0) is 12.8 Å². The Bertz CT molecular complexity index is 439. The van der Waals surface area contributed by atoms with Gasteiger partial charge in [-0.25, -0.2) is 4.98 Å². The van der Waals surface area contributed by atoms with Crippen molar-refractivity contribution in [1.82, 2.24) is 10.3 Å². The predicted octanol–water partition coefficient (Wildman–Crippen LogP) is 3.69. The van der Waals surface area contributed by atoms with Crippen molar-refractivity contribution in [3.8, 4) is 0 Å².